The van der Waals surface area contributed by atoms with E-state index in [-0.39, 0.29) is 18.0 Å². The first-order valence-electron chi connectivity index (χ1n) is 5.19. The maximum atomic E-state index is 11.5. The Morgan fingerprint density at radius 1 is 1.31 bits per heavy atom. The quantitative estimate of drug-likeness (QED) is 0.526. The first-order valence-corrected chi connectivity index (χ1v) is 5.19. The summed E-state index contributed by atoms with van der Waals surface area (Å²) in [5.41, 5.74) is 0. The first kappa shape index (κ1) is 12.7. The summed E-state index contributed by atoms with van der Waals surface area (Å²) in [5.74, 6) is -0.446. The molecule has 0 bridgehead atoms. The van der Waals surface area contributed by atoms with Crippen LogP contribution < -0.4 is 0 Å². The van der Waals surface area contributed by atoms with Crippen LogP contribution in [-0.4, -0.2) is 36.3 Å². The summed E-state index contributed by atoms with van der Waals surface area (Å²) in [5, 5.41) is 10.7. The van der Waals surface area contributed by atoms with Crippen LogP contribution in [0.5, 0.6) is 0 Å². The fourth-order valence-corrected chi connectivity index (χ4v) is 1.78. The largest absolute Gasteiger partial charge is 0.368 e. The van der Waals surface area contributed by atoms with Crippen LogP contribution in [-0.2, 0) is 14.5 Å². The highest BCUT2D eigenvalue weighted by molar-refractivity contribution is 5.72. The van der Waals surface area contributed by atoms with Crippen molar-refractivity contribution in [2.45, 2.75) is 31.8 Å². The number of rotatable bonds is 4. The van der Waals surface area contributed by atoms with E-state index in [2.05, 4.69) is 4.84 Å². The minimum atomic E-state index is -0.775. The van der Waals surface area contributed by atoms with Crippen molar-refractivity contribution in [1.29, 1.82) is 0 Å². The van der Waals surface area contributed by atoms with Crippen molar-refractivity contribution < 1.29 is 19.6 Å². The molecule has 16 heavy (non-hydrogen) atoms. The van der Waals surface area contributed by atoms with Gasteiger partial charge in [-0.25, -0.2) is 0 Å². The zero-order valence-corrected chi connectivity index (χ0v) is 9.42. The minimum Gasteiger partial charge on any atom is -0.368 e. The summed E-state index contributed by atoms with van der Waals surface area (Å²) in [6, 6.07) is 0. The van der Waals surface area contributed by atoms with Gasteiger partial charge in [-0.15, -0.1) is 15.2 Å². The zero-order valence-electron chi connectivity index (χ0n) is 9.42. The van der Waals surface area contributed by atoms with Gasteiger partial charge in [-0.2, -0.15) is 0 Å². The van der Waals surface area contributed by atoms with Crippen LogP contribution in [0.4, 0.5) is 0 Å². The highest BCUT2D eigenvalue weighted by Gasteiger charge is 2.29. The molecule has 0 saturated heterocycles. The van der Waals surface area contributed by atoms with Crippen LogP contribution in [0.2, 0.25) is 0 Å². The van der Waals surface area contributed by atoms with Crippen molar-refractivity contribution in [2.75, 3.05) is 14.1 Å². The van der Waals surface area contributed by atoms with Gasteiger partial charge in [-0.05, 0) is 25.7 Å². The molecule has 0 atom stereocenters. The van der Waals surface area contributed by atoms with Crippen LogP contribution >= 0.6 is 0 Å². The molecule has 7 nitrogen and oxygen atoms in total. The molecule has 0 N–H and O–H groups in total. The monoisotopic (exact) mass is 232 g/mol. The van der Waals surface area contributed by atoms with E-state index in [1.54, 1.807) is 14.1 Å². The molecule has 92 valence electrons. The Morgan fingerprint density at radius 2 is 1.88 bits per heavy atom. The molecule has 1 fully saturated rings. The predicted octanol–water partition coefficient (Wildman–Crippen LogP) is 0.773. The van der Waals surface area contributed by atoms with E-state index in [0.29, 0.717) is 25.7 Å². The molecule has 0 aliphatic heterocycles. The fraction of sp³-hybridized carbons (Fsp3) is 0.889. The highest BCUT2D eigenvalue weighted by Crippen LogP contribution is 2.27. The van der Waals surface area contributed by atoms with E-state index >= 15 is 0 Å². The second-order valence-electron chi connectivity index (χ2n) is 4.03. The van der Waals surface area contributed by atoms with Gasteiger partial charge in [0.25, 0.3) is 5.09 Å². The number of hydroxylamine groups is 2. The highest BCUT2D eigenvalue weighted by atomic mass is 17.0. The molecule has 0 radical (unpaired) electrons. The Labute approximate surface area is 93.4 Å². The Kier molecular flexibility index (Phi) is 4.48. The smallest absolute Gasteiger partial charge is 0.328 e. The van der Waals surface area contributed by atoms with Crippen molar-refractivity contribution >= 4 is 5.97 Å². The third-order valence-corrected chi connectivity index (χ3v) is 2.52. The van der Waals surface area contributed by atoms with E-state index in [4.69, 9.17) is 4.84 Å². The molecule has 0 aromatic rings. The van der Waals surface area contributed by atoms with Gasteiger partial charge in [-0.1, -0.05) is 0 Å². The lowest BCUT2D eigenvalue weighted by atomic mass is 9.87. The summed E-state index contributed by atoms with van der Waals surface area (Å²) >= 11 is 0. The van der Waals surface area contributed by atoms with E-state index in [0.717, 1.165) is 0 Å². The molecule has 1 rings (SSSR count). The Balaban J connectivity index is 2.31. The van der Waals surface area contributed by atoms with E-state index in [1.165, 1.54) is 5.06 Å². The Hall–Kier alpha value is -1.37. The summed E-state index contributed by atoms with van der Waals surface area (Å²) in [7, 11) is 3.28. The third-order valence-electron chi connectivity index (χ3n) is 2.52. The van der Waals surface area contributed by atoms with E-state index < -0.39 is 5.09 Å². The number of hydrogen-bond donors (Lipinski definition) is 0. The van der Waals surface area contributed by atoms with E-state index in [1.807, 2.05) is 0 Å². The Morgan fingerprint density at radius 3 is 2.31 bits per heavy atom. The molecular weight excluding hydrogens is 216 g/mol. The van der Waals surface area contributed by atoms with Gasteiger partial charge < -0.3 is 9.68 Å². The second-order valence-corrected chi connectivity index (χ2v) is 4.03. The number of carbonyl (C=O) groups excluding carboxylic acids is 1. The van der Waals surface area contributed by atoms with Gasteiger partial charge in [-0.3, -0.25) is 4.79 Å². The van der Waals surface area contributed by atoms with Crippen molar-refractivity contribution in [3.8, 4) is 0 Å². The van der Waals surface area contributed by atoms with Gasteiger partial charge in [0.2, 0.25) is 0 Å². The molecule has 1 aliphatic carbocycles. The topological polar surface area (TPSA) is 81.9 Å². The molecule has 0 aromatic carbocycles. The maximum absolute atomic E-state index is 11.5. The summed E-state index contributed by atoms with van der Waals surface area (Å²) in [4.78, 5) is 31.0. The molecule has 0 amide bonds. The number of hydrogen-bond acceptors (Lipinski definition) is 6. The predicted molar refractivity (Wildman–Crippen MR) is 53.6 cm³/mol. The molecule has 0 spiro atoms. The zero-order chi connectivity index (χ0) is 12.1. The lowest BCUT2D eigenvalue weighted by Crippen LogP contribution is -2.31. The maximum Gasteiger partial charge on any atom is 0.328 e. The van der Waals surface area contributed by atoms with E-state index in [9.17, 15) is 14.9 Å². The average molecular weight is 232 g/mol. The van der Waals surface area contributed by atoms with Crippen LogP contribution in [0.25, 0.3) is 0 Å². The molecule has 0 unspecified atom stereocenters. The lowest BCUT2D eigenvalue weighted by Gasteiger charge is -2.26. The van der Waals surface area contributed by atoms with Gasteiger partial charge in [0.1, 0.15) is 6.10 Å². The lowest BCUT2D eigenvalue weighted by molar-refractivity contribution is -0.769. The third kappa shape index (κ3) is 4.01. The average Bonchev–Trinajstić information content (AvgIpc) is 2.16. The SMILES string of the molecule is CN(C)OC(=O)C1CCC(O[N+](=O)[O-])CC1. The molecule has 1 saturated carbocycles. The van der Waals surface area contributed by atoms with Crippen LogP contribution in [0.3, 0.4) is 0 Å². The van der Waals surface area contributed by atoms with Gasteiger partial charge >= 0.3 is 5.97 Å². The van der Waals surface area contributed by atoms with Crippen LogP contribution in [0, 0.1) is 16.0 Å². The molecule has 1 aliphatic rings. The number of nitrogens with zero attached hydrogens (tertiary/aromatic N) is 2. The van der Waals surface area contributed by atoms with Gasteiger partial charge in [0.15, 0.2) is 0 Å². The van der Waals surface area contributed by atoms with Gasteiger partial charge in [0, 0.05) is 14.1 Å². The van der Waals surface area contributed by atoms with Crippen molar-refractivity contribution in [1.82, 2.24) is 5.06 Å². The fourth-order valence-electron chi connectivity index (χ4n) is 1.78. The normalized spacial score (nSPS) is 25.2. The van der Waals surface area contributed by atoms with Crippen LogP contribution in [0.15, 0.2) is 0 Å². The van der Waals surface area contributed by atoms with Gasteiger partial charge in [0.05, 0.1) is 5.92 Å². The second kappa shape index (κ2) is 5.64. The first-order chi connectivity index (χ1) is 7.49. The summed E-state index contributed by atoms with van der Waals surface area (Å²) in [6.07, 6.45) is 1.82. The van der Waals surface area contributed by atoms with Crippen molar-refractivity contribution in [3.63, 3.8) is 0 Å². The molecule has 7 heteroatoms. The molecule has 0 heterocycles. The molecule has 0 aromatic heterocycles. The van der Waals surface area contributed by atoms with Crippen LogP contribution in [0.1, 0.15) is 25.7 Å². The molecular formula is C9H16N2O5. The summed E-state index contributed by atoms with van der Waals surface area (Å²) in [6.45, 7) is 0. The van der Waals surface area contributed by atoms with Crippen molar-refractivity contribution in [3.05, 3.63) is 10.1 Å². The standard InChI is InChI=1S/C9H16N2O5/c1-10(2)16-9(12)7-3-5-8(6-4-7)15-11(13)14/h7-8H,3-6H2,1-2H3. The van der Waals surface area contributed by atoms with Crippen molar-refractivity contribution in [2.24, 2.45) is 5.92 Å². The number of carbonyl (C=O) groups is 1. The Bertz CT molecular complexity index is 261. The summed E-state index contributed by atoms with van der Waals surface area (Å²) < 4.78 is 0. The minimum absolute atomic E-state index is 0.172.